The third-order valence-electron chi connectivity index (χ3n) is 2.35. The fourth-order valence-corrected chi connectivity index (χ4v) is 1.41. The first-order valence-corrected chi connectivity index (χ1v) is 5.68. The number of benzene rings is 1. The normalized spacial score (nSPS) is 10.7. The molecule has 5 nitrogen and oxygen atoms in total. The summed E-state index contributed by atoms with van der Waals surface area (Å²) in [5.74, 6) is -2.76. The Balaban J connectivity index is 3.03. The van der Waals surface area contributed by atoms with Gasteiger partial charge < -0.3 is 4.74 Å². The highest BCUT2D eigenvalue weighted by atomic mass is 19.4. The van der Waals surface area contributed by atoms with Gasteiger partial charge >= 0.3 is 18.1 Å². The number of rotatable bonds is 4. The quantitative estimate of drug-likeness (QED) is 0.686. The molecular formula is C13H13F3N2O3. The number of hydrogen-bond donors (Lipinski definition) is 1. The van der Waals surface area contributed by atoms with Crippen LogP contribution in [0.25, 0.3) is 0 Å². The van der Waals surface area contributed by atoms with E-state index >= 15 is 0 Å². The second kappa shape index (κ2) is 6.29. The maximum Gasteiger partial charge on any atom is 0.473 e. The number of nitrogens with zero attached hydrogens (tertiary/aromatic N) is 1. The van der Waals surface area contributed by atoms with Crippen molar-refractivity contribution in [3.05, 3.63) is 42.1 Å². The van der Waals surface area contributed by atoms with Gasteiger partial charge in [-0.1, -0.05) is 12.6 Å². The molecule has 0 atom stereocenters. The Kier molecular flexibility index (Phi) is 4.96. The number of ether oxygens (including phenoxy) is 1. The lowest BCUT2D eigenvalue weighted by Gasteiger charge is -2.25. The van der Waals surface area contributed by atoms with Gasteiger partial charge in [0, 0.05) is 5.70 Å². The van der Waals surface area contributed by atoms with E-state index in [1.54, 1.807) is 0 Å². The number of nitrogens with one attached hydrogen (secondary N) is 1. The van der Waals surface area contributed by atoms with Crippen LogP contribution < -0.4 is 5.43 Å². The monoisotopic (exact) mass is 302 g/mol. The van der Waals surface area contributed by atoms with E-state index in [4.69, 9.17) is 0 Å². The molecular weight excluding hydrogens is 289 g/mol. The van der Waals surface area contributed by atoms with Gasteiger partial charge in [0.05, 0.1) is 18.4 Å². The molecule has 8 heteroatoms. The third-order valence-corrected chi connectivity index (χ3v) is 2.35. The molecule has 0 bridgehead atoms. The van der Waals surface area contributed by atoms with Gasteiger partial charge in [0.2, 0.25) is 0 Å². The van der Waals surface area contributed by atoms with Crippen molar-refractivity contribution in [3.8, 4) is 0 Å². The maximum absolute atomic E-state index is 12.5. The minimum absolute atomic E-state index is 0.110. The lowest BCUT2D eigenvalue weighted by Crippen LogP contribution is -2.43. The highest BCUT2D eigenvalue weighted by Gasteiger charge is 2.43. The molecule has 0 aliphatic heterocycles. The van der Waals surface area contributed by atoms with Gasteiger partial charge in [0.25, 0.3) is 0 Å². The first kappa shape index (κ1) is 16.5. The second-order valence-corrected chi connectivity index (χ2v) is 4.06. The molecule has 1 aromatic carbocycles. The van der Waals surface area contributed by atoms with E-state index in [1.165, 1.54) is 38.3 Å². The zero-order chi connectivity index (χ0) is 16.2. The topological polar surface area (TPSA) is 58.6 Å². The summed E-state index contributed by atoms with van der Waals surface area (Å²) in [5.41, 5.74) is 2.35. The first-order valence-electron chi connectivity index (χ1n) is 5.68. The second-order valence-electron chi connectivity index (χ2n) is 4.06. The van der Waals surface area contributed by atoms with Crippen LogP contribution in [0.2, 0.25) is 0 Å². The zero-order valence-corrected chi connectivity index (χ0v) is 11.3. The van der Waals surface area contributed by atoms with Crippen LogP contribution in [-0.4, -0.2) is 30.2 Å². The Morgan fingerprint density at radius 1 is 1.33 bits per heavy atom. The number of alkyl halides is 3. The van der Waals surface area contributed by atoms with Crippen LogP contribution in [0.4, 0.5) is 18.9 Å². The standard InChI is InChI=1S/C13H13F3N2O3/c1-8(2)18(12(20)13(14,15)16)17-10-6-4-5-9(7-10)11(19)21-3/h4-7,17H,1H2,2-3H3. The lowest BCUT2D eigenvalue weighted by molar-refractivity contribution is -0.182. The van der Waals surface area contributed by atoms with Crippen molar-refractivity contribution in [1.29, 1.82) is 0 Å². The van der Waals surface area contributed by atoms with Crippen molar-refractivity contribution >= 4 is 17.6 Å². The molecule has 114 valence electrons. The number of carbonyl (C=O) groups excluding carboxylic acids is 2. The molecule has 1 N–H and O–H groups in total. The number of amides is 1. The van der Waals surface area contributed by atoms with Crippen molar-refractivity contribution in [1.82, 2.24) is 5.01 Å². The number of allylic oxidation sites excluding steroid dienone is 1. The van der Waals surface area contributed by atoms with E-state index in [0.717, 1.165) is 0 Å². The molecule has 0 spiro atoms. The molecule has 1 rings (SSSR count). The number of hydrogen-bond acceptors (Lipinski definition) is 4. The van der Waals surface area contributed by atoms with Gasteiger partial charge in [-0.05, 0) is 25.1 Å². The minimum Gasteiger partial charge on any atom is -0.465 e. The number of carbonyl (C=O) groups is 2. The first-order chi connectivity index (χ1) is 9.66. The molecule has 0 radical (unpaired) electrons. The average molecular weight is 302 g/mol. The number of methoxy groups -OCH3 is 1. The van der Waals surface area contributed by atoms with Crippen LogP contribution in [0.3, 0.4) is 0 Å². The smallest absolute Gasteiger partial charge is 0.465 e. The summed E-state index contributed by atoms with van der Waals surface area (Å²) in [6.07, 6.45) is -5.05. The summed E-state index contributed by atoms with van der Waals surface area (Å²) in [5, 5.41) is 0.260. The van der Waals surface area contributed by atoms with Crippen LogP contribution in [-0.2, 0) is 9.53 Å². The van der Waals surface area contributed by atoms with E-state index in [1.807, 2.05) is 0 Å². The molecule has 0 fully saturated rings. The van der Waals surface area contributed by atoms with Crippen molar-refractivity contribution in [2.75, 3.05) is 12.5 Å². The molecule has 0 aliphatic rings. The molecule has 0 heterocycles. The Morgan fingerprint density at radius 3 is 2.43 bits per heavy atom. The highest BCUT2D eigenvalue weighted by Crippen LogP contribution is 2.22. The van der Waals surface area contributed by atoms with Crippen molar-refractivity contribution in [3.63, 3.8) is 0 Å². The Morgan fingerprint density at radius 2 is 1.95 bits per heavy atom. The van der Waals surface area contributed by atoms with Gasteiger partial charge in [-0.15, -0.1) is 0 Å². The Bertz CT molecular complexity index is 570. The van der Waals surface area contributed by atoms with E-state index in [2.05, 4.69) is 16.7 Å². The molecule has 0 unspecified atom stereocenters. The van der Waals surface area contributed by atoms with E-state index in [-0.39, 0.29) is 22.0 Å². The van der Waals surface area contributed by atoms with E-state index in [0.29, 0.717) is 0 Å². The number of anilines is 1. The number of halogens is 3. The van der Waals surface area contributed by atoms with Crippen molar-refractivity contribution < 1.29 is 27.5 Å². The fraction of sp³-hybridized carbons (Fsp3) is 0.231. The van der Waals surface area contributed by atoms with Crippen LogP contribution in [0.15, 0.2) is 36.5 Å². The Hall–Kier alpha value is -2.51. The Labute approximate surface area is 119 Å². The molecule has 0 aliphatic carbocycles. The third kappa shape index (κ3) is 4.23. The molecule has 1 amide bonds. The summed E-state index contributed by atoms with van der Waals surface area (Å²) < 4.78 is 41.9. The van der Waals surface area contributed by atoms with Crippen LogP contribution in [0.5, 0.6) is 0 Å². The summed E-state index contributed by atoms with van der Waals surface area (Å²) in [6, 6.07) is 5.51. The lowest BCUT2D eigenvalue weighted by atomic mass is 10.2. The molecule has 0 saturated heterocycles. The molecule has 0 aromatic heterocycles. The SMILES string of the molecule is C=C(C)N(Nc1cccc(C(=O)OC)c1)C(=O)C(F)(F)F. The van der Waals surface area contributed by atoms with Crippen LogP contribution in [0.1, 0.15) is 17.3 Å². The van der Waals surface area contributed by atoms with Gasteiger partial charge in [0.1, 0.15) is 0 Å². The van der Waals surface area contributed by atoms with Crippen LogP contribution >= 0.6 is 0 Å². The fourth-order valence-electron chi connectivity index (χ4n) is 1.41. The molecule has 1 aromatic rings. The minimum atomic E-state index is -5.05. The molecule has 0 saturated carbocycles. The average Bonchev–Trinajstić information content (AvgIpc) is 2.42. The summed E-state index contributed by atoms with van der Waals surface area (Å²) in [4.78, 5) is 22.6. The van der Waals surface area contributed by atoms with Gasteiger partial charge in [-0.3, -0.25) is 10.2 Å². The summed E-state index contributed by atoms with van der Waals surface area (Å²) in [7, 11) is 1.18. The van der Waals surface area contributed by atoms with Gasteiger partial charge in [-0.2, -0.15) is 13.2 Å². The highest BCUT2D eigenvalue weighted by molar-refractivity contribution is 5.90. The predicted molar refractivity (Wildman–Crippen MR) is 69.1 cm³/mol. The van der Waals surface area contributed by atoms with Gasteiger partial charge in [-0.25, -0.2) is 9.80 Å². The largest absolute Gasteiger partial charge is 0.473 e. The zero-order valence-electron chi connectivity index (χ0n) is 11.3. The molecule has 21 heavy (non-hydrogen) atoms. The van der Waals surface area contributed by atoms with Crippen molar-refractivity contribution in [2.24, 2.45) is 0 Å². The van der Waals surface area contributed by atoms with Gasteiger partial charge in [0.15, 0.2) is 0 Å². The maximum atomic E-state index is 12.5. The van der Waals surface area contributed by atoms with Crippen LogP contribution in [0, 0.1) is 0 Å². The van der Waals surface area contributed by atoms with Crippen molar-refractivity contribution in [2.45, 2.75) is 13.1 Å². The summed E-state index contributed by atoms with van der Waals surface area (Å²) >= 11 is 0. The predicted octanol–water partition coefficient (Wildman–Crippen LogP) is 2.72. The van der Waals surface area contributed by atoms with E-state index in [9.17, 15) is 22.8 Å². The number of hydrazine groups is 1. The van der Waals surface area contributed by atoms with E-state index < -0.39 is 18.1 Å². The number of esters is 1. The summed E-state index contributed by atoms with van der Waals surface area (Å²) in [6.45, 7) is 4.55.